The van der Waals surface area contributed by atoms with E-state index in [9.17, 15) is 36.2 Å². The Hall–Kier alpha value is -2.84. The number of aromatic hydroxyl groups is 1. The quantitative estimate of drug-likeness (QED) is 0.0291. The summed E-state index contributed by atoms with van der Waals surface area (Å²) in [4.78, 5) is -0.784. The number of rotatable bonds is 30. The summed E-state index contributed by atoms with van der Waals surface area (Å²) in [5, 5.41) is 22.1. The van der Waals surface area contributed by atoms with Gasteiger partial charge < -0.3 is 24.2 Å². The third-order valence-corrected chi connectivity index (χ3v) is 12.6. The fraction of sp³-hybridized carbons (Fsp3) is 0.520. The van der Waals surface area contributed by atoms with Gasteiger partial charge in [-0.05, 0) is 73.2 Å². The summed E-state index contributed by atoms with van der Waals surface area (Å²) in [7, 11) is -9.02. The maximum absolute atomic E-state index is 12.1. The minimum Gasteiger partial charge on any atom is -0.870 e. The van der Waals surface area contributed by atoms with Gasteiger partial charge in [0, 0.05) is 6.07 Å². The molecular weight excluding hydrogens is 865 g/mol. The number of phenols is 1. The third-order valence-electron chi connectivity index (χ3n) is 10.9. The molecule has 10 nitrogen and oxygen atoms in total. The molecule has 0 aromatic heterocycles. The van der Waals surface area contributed by atoms with E-state index in [1.807, 2.05) is 30.3 Å². The van der Waals surface area contributed by atoms with E-state index in [1.54, 1.807) is 18.2 Å². The second kappa shape index (κ2) is 31.9. The normalized spacial score (nSPS) is 11.4. The van der Waals surface area contributed by atoms with E-state index in [4.69, 9.17) is 9.47 Å². The van der Waals surface area contributed by atoms with E-state index >= 15 is 0 Å². The Morgan fingerprint density at radius 1 is 0.476 bits per heavy atom. The molecule has 13 heteroatoms. The molecule has 0 heterocycles. The van der Waals surface area contributed by atoms with Crippen LogP contribution in [-0.4, -0.2) is 68.8 Å². The Labute approximate surface area is 408 Å². The monoisotopic (exact) mass is 934 g/mol. The number of hydrogen-bond donors (Lipinski definition) is 2. The van der Waals surface area contributed by atoms with Gasteiger partial charge >= 0.3 is 37.7 Å². The van der Waals surface area contributed by atoms with Crippen LogP contribution in [-0.2, 0) is 33.1 Å². The van der Waals surface area contributed by atoms with Crippen LogP contribution in [0.15, 0.2) is 94.7 Å². The van der Waals surface area contributed by atoms with Gasteiger partial charge in [-0.25, -0.2) is 8.42 Å². The van der Waals surface area contributed by atoms with Crippen molar-refractivity contribution < 1.29 is 45.6 Å². The summed E-state index contributed by atoms with van der Waals surface area (Å²) >= 11 is 0. The van der Waals surface area contributed by atoms with Crippen molar-refractivity contribution in [3.8, 4) is 34.5 Å². The molecule has 4 aromatic carbocycles. The molecule has 0 aliphatic rings. The molecule has 2 N–H and O–H groups in total. The number of unbranched alkanes of at least 4 members (excludes halogenated alkanes) is 20. The first kappa shape index (κ1) is 56.3. The predicted molar refractivity (Wildman–Crippen MR) is 251 cm³/mol. The molecule has 0 spiro atoms. The Balaban J connectivity index is 0.000000427. The molecule has 0 unspecified atom stereocenters. The van der Waals surface area contributed by atoms with Crippen molar-refractivity contribution >= 4 is 58.0 Å². The summed E-state index contributed by atoms with van der Waals surface area (Å²) in [6.07, 6.45) is 29.8. The molecule has 0 saturated carbocycles. The van der Waals surface area contributed by atoms with Crippen LogP contribution >= 0.6 is 0 Å². The fourth-order valence-corrected chi connectivity index (χ4v) is 8.26. The van der Waals surface area contributed by atoms with E-state index in [2.05, 4.69) is 13.8 Å². The van der Waals surface area contributed by atoms with E-state index in [-0.39, 0.29) is 59.9 Å². The molecule has 0 aliphatic carbocycles. The molecule has 0 aliphatic heterocycles. The Morgan fingerprint density at radius 2 is 0.841 bits per heavy atom. The molecule has 0 atom stereocenters. The van der Waals surface area contributed by atoms with Crippen molar-refractivity contribution in [1.29, 1.82) is 0 Å². The van der Waals surface area contributed by atoms with Gasteiger partial charge in [0.1, 0.15) is 27.4 Å². The molecule has 4 rings (SSSR count). The zero-order chi connectivity index (χ0) is 45.1. The summed E-state index contributed by atoms with van der Waals surface area (Å²) < 4.78 is 77.2. The molecule has 344 valence electrons. The SMILES string of the molecule is CCCCCCCCCCCCCc1ccccc1Oc1cc(S(=O)(=O)O)ccc1O.CCCCCCCCCCCCCc1ccccc1Oc1cc(S(=O)(=O)[O-])ccc1[O-].[Ca+2]. The number of para-hydroxylation sites is 2. The Kier molecular flexibility index (Phi) is 28.5. The van der Waals surface area contributed by atoms with Crippen LogP contribution in [0.25, 0.3) is 0 Å². The standard InChI is InChI=1S/2C25H36O5S.Ca/c2*1-2-3-4-5-6-7-8-9-10-11-12-15-21-16-13-14-17-24(21)30-25-20-22(31(27,28)29)18-19-23(25)26;/h2*13-14,16-20,26H,2-12,15H2,1H3,(H,27,28,29);/q;;+2/p-2. The molecule has 0 radical (unpaired) electrons. The van der Waals surface area contributed by atoms with E-state index in [0.29, 0.717) is 11.5 Å². The van der Waals surface area contributed by atoms with E-state index in [0.717, 1.165) is 80.0 Å². The first-order chi connectivity index (χ1) is 29.8. The Morgan fingerprint density at radius 3 is 1.25 bits per heavy atom. The summed E-state index contributed by atoms with van der Waals surface area (Å²) in [6.45, 7) is 4.49. The van der Waals surface area contributed by atoms with Crippen molar-refractivity contribution in [3.05, 3.63) is 96.1 Å². The number of benzene rings is 4. The second-order valence-corrected chi connectivity index (χ2v) is 19.0. The first-order valence-electron chi connectivity index (χ1n) is 22.9. The predicted octanol–water partition coefficient (Wildman–Crippen LogP) is 13.2. The zero-order valence-corrected chi connectivity index (χ0v) is 41.6. The van der Waals surface area contributed by atoms with Crippen LogP contribution in [0.3, 0.4) is 0 Å². The van der Waals surface area contributed by atoms with Gasteiger partial charge in [-0.3, -0.25) is 4.55 Å². The van der Waals surface area contributed by atoms with Gasteiger partial charge in [0.15, 0.2) is 11.5 Å². The number of phenolic OH excluding ortho intramolecular Hbond substituents is 1. The third kappa shape index (κ3) is 23.3. The minimum absolute atomic E-state index is 0. The van der Waals surface area contributed by atoms with Crippen molar-refractivity contribution in [3.63, 3.8) is 0 Å². The van der Waals surface area contributed by atoms with Gasteiger partial charge in [-0.15, -0.1) is 0 Å². The number of aryl methyl sites for hydroxylation is 2. The van der Waals surface area contributed by atoms with Crippen LogP contribution in [0.5, 0.6) is 34.5 Å². The van der Waals surface area contributed by atoms with Crippen LogP contribution < -0.4 is 14.6 Å². The summed E-state index contributed by atoms with van der Waals surface area (Å²) in [5.41, 5.74) is 1.98. The molecular formula is C50H70CaO10S2. The number of hydrogen-bond acceptors (Lipinski definition) is 9. The fourth-order valence-electron chi connectivity index (χ4n) is 7.28. The summed E-state index contributed by atoms with van der Waals surface area (Å²) in [6, 6.07) is 21.5. The second-order valence-electron chi connectivity index (χ2n) is 16.2. The molecule has 0 bridgehead atoms. The molecule has 63 heavy (non-hydrogen) atoms. The first-order valence-corrected chi connectivity index (χ1v) is 25.8. The molecule has 0 amide bonds. The van der Waals surface area contributed by atoms with Gasteiger partial charge in [-0.1, -0.05) is 190 Å². The number of ether oxygens (including phenoxy) is 2. The molecule has 0 saturated heterocycles. The largest absolute Gasteiger partial charge is 2.00 e. The van der Waals surface area contributed by atoms with Crippen LogP contribution in [0, 0.1) is 0 Å². The van der Waals surface area contributed by atoms with Crippen LogP contribution in [0.4, 0.5) is 0 Å². The van der Waals surface area contributed by atoms with Crippen LogP contribution in [0.1, 0.15) is 166 Å². The average Bonchev–Trinajstić information content (AvgIpc) is 3.24. The molecule has 4 aromatic rings. The molecule has 0 fully saturated rings. The van der Waals surface area contributed by atoms with Crippen molar-refractivity contribution in [1.82, 2.24) is 0 Å². The maximum atomic E-state index is 12.1. The van der Waals surface area contributed by atoms with Gasteiger partial charge in [0.05, 0.1) is 9.79 Å². The van der Waals surface area contributed by atoms with E-state index in [1.165, 1.54) is 122 Å². The summed E-state index contributed by atoms with van der Waals surface area (Å²) in [5.74, 6) is 0.308. The Bertz CT molecular complexity index is 1940. The maximum Gasteiger partial charge on any atom is 2.00 e. The van der Waals surface area contributed by atoms with E-state index < -0.39 is 30.9 Å². The van der Waals surface area contributed by atoms with Crippen molar-refractivity contribution in [2.24, 2.45) is 0 Å². The average molecular weight is 935 g/mol. The van der Waals surface area contributed by atoms with Crippen LogP contribution in [0.2, 0.25) is 0 Å². The van der Waals surface area contributed by atoms with Gasteiger partial charge in [0.25, 0.3) is 10.1 Å². The minimum atomic E-state index is -4.65. The van der Waals surface area contributed by atoms with Gasteiger partial charge in [0.2, 0.25) is 0 Å². The van der Waals surface area contributed by atoms with Gasteiger partial charge in [-0.2, -0.15) is 8.42 Å². The zero-order valence-electron chi connectivity index (χ0n) is 37.7. The van der Waals surface area contributed by atoms with Crippen molar-refractivity contribution in [2.45, 2.75) is 178 Å². The van der Waals surface area contributed by atoms with Crippen molar-refractivity contribution in [2.75, 3.05) is 0 Å². The smallest absolute Gasteiger partial charge is 0.870 e. The topological polar surface area (TPSA) is 173 Å².